The molecule has 0 spiro atoms. The standard InChI is InChI=1S/C17H13N5O5/c1-10-15(16(23)21(20-10)11-5-3-2-4-6-11)19-18-14-8-7-12(22(26)27)9-13(14)17(24)25/h2-9,15H,1H3,(H,24,25). The number of anilines is 1. The number of nitro groups is 1. The molecule has 2 aromatic carbocycles. The van der Waals surface area contributed by atoms with Crippen molar-refractivity contribution in [1.82, 2.24) is 0 Å². The molecule has 0 aliphatic carbocycles. The predicted molar refractivity (Wildman–Crippen MR) is 95.4 cm³/mol. The summed E-state index contributed by atoms with van der Waals surface area (Å²) >= 11 is 0. The van der Waals surface area contributed by atoms with Gasteiger partial charge in [0.05, 0.1) is 21.9 Å². The van der Waals surface area contributed by atoms with Crippen LogP contribution in [0.3, 0.4) is 0 Å². The predicted octanol–water partition coefficient (Wildman–Crippen LogP) is 3.17. The van der Waals surface area contributed by atoms with Crippen LogP contribution in [0.5, 0.6) is 0 Å². The van der Waals surface area contributed by atoms with Crippen LogP contribution in [0.2, 0.25) is 0 Å². The number of carboxylic acids is 1. The summed E-state index contributed by atoms with van der Waals surface area (Å²) in [6.07, 6.45) is 0. The number of para-hydroxylation sites is 1. The van der Waals surface area contributed by atoms with Crippen LogP contribution in [0.25, 0.3) is 0 Å². The number of nitro benzene ring substituents is 1. The first-order chi connectivity index (χ1) is 12.9. The minimum atomic E-state index is -1.39. The van der Waals surface area contributed by atoms with Gasteiger partial charge in [0.15, 0.2) is 6.04 Å². The van der Waals surface area contributed by atoms with Gasteiger partial charge >= 0.3 is 5.97 Å². The van der Waals surface area contributed by atoms with Crippen LogP contribution in [0.15, 0.2) is 63.9 Å². The molecule has 1 amide bonds. The zero-order chi connectivity index (χ0) is 19.6. The molecule has 0 radical (unpaired) electrons. The number of non-ortho nitro benzene ring substituents is 1. The van der Waals surface area contributed by atoms with Crippen molar-refractivity contribution in [2.45, 2.75) is 13.0 Å². The van der Waals surface area contributed by atoms with Crippen molar-refractivity contribution in [2.24, 2.45) is 15.3 Å². The van der Waals surface area contributed by atoms with Crippen LogP contribution in [0.1, 0.15) is 17.3 Å². The maximum Gasteiger partial charge on any atom is 0.338 e. The first-order valence-electron chi connectivity index (χ1n) is 7.75. The number of carbonyl (C=O) groups excluding carboxylic acids is 1. The number of hydrogen-bond acceptors (Lipinski definition) is 7. The molecule has 1 aliphatic rings. The van der Waals surface area contributed by atoms with Crippen molar-refractivity contribution in [3.63, 3.8) is 0 Å². The van der Waals surface area contributed by atoms with Crippen molar-refractivity contribution in [2.75, 3.05) is 5.01 Å². The van der Waals surface area contributed by atoms with Gasteiger partial charge in [-0.3, -0.25) is 14.9 Å². The maximum absolute atomic E-state index is 12.6. The van der Waals surface area contributed by atoms with Gasteiger partial charge in [-0.25, -0.2) is 4.79 Å². The van der Waals surface area contributed by atoms with E-state index >= 15 is 0 Å². The second kappa shape index (κ2) is 7.12. The number of benzene rings is 2. The van der Waals surface area contributed by atoms with Gasteiger partial charge in [-0.2, -0.15) is 20.3 Å². The lowest BCUT2D eigenvalue weighted by molar-refractivity contribution is -0.384. The van der Waals surface area contributed by atoms with Crippen LogP contribution >= 0.6 is 0 Å². The zero-order valence-electron chi connectivity index (χ0n) is 14.0. The molecular formula is C17H13N5O5. The average molecular weight is 367 g/mol. The number of amides is 1. The quantitative estimate of drug-likeness (QED) is 0.491. The first kappa shape index (κ1) is 17.9. The van der Waals surface area contributed by atoms with Crippen molar-refractivity contribution in [1.29, 1.82) is 0 Å². The Labute approximate surface area is 152 Å². The highest BCUT2D eigenvalue weighted by molar-refractivity contribution is 6.18. The van der Waals surface area contributed by atoms with E-state index in [0.717, 1.165) is 12.1 Å². The van der Waals surface area contributed by atoms with E-state index < -0.39 is 22.8 Å². The minimum Gasteiger partial charge on any atom is -0.478 e. The third-order valence-corrected chi connectivity index (χ3v) is 3.80. The highest BCUT2D eigenvalue weighted by atomic mass is 16.6. The lowest BCUT2D eigenvalue weighted by Gasteiger charge is -2.11. The van der Waals surface area contributed by atoms with E-state index in [1.165, 1.54) is 11.1 Å². The summed E-state index contributed by atoms with van der Waals surface area (Å²) in [5.74, 6) is -1.82. The molecule has 1 N–H and O–H groups in total. The lowest BCUT2D eigenvalue weighted by Crippen LogP contribution is -2.29. The first-order valence-corrected chi connectivity index (χ1v) is 7.75. The molecule has 0 saturated carbocycles. The average Bonchev–Trinajstić information content (AvgIpc) is 2.94. The van der Waals surface area contributed by atoms with Gasteiger partial charge in [-0.15, -0.1) is 0 Å². The summed E-state index contributed by atoms with van der Waals surface area (Å²) in [6.45, 7) is 1.61. The molecule has 10 heteroatoms. The number of hydrogen-bond donors (Lipinski definition) is 1. The molecule has 0 bridgehead atoms. The fourth-order valence-corrected chi connectivity index (χ4v) is 2.46. The number of hydrazone groups is 1. The molecule has 2 aromatic rings. The van der Waals surface area contributed by atoms with Crippen LogP contribution in [0, 0.1) is 10.1 Å². The largest absolute Gasteiger partial charge is 0.478 e. The highest BCUT2D eigenvalue weighted by Crippen LogP contribution is 2.27. The highest BCUT2D eigenvalue weighted by Gasteiger charge is 2.34. The summed E-state index contributed by atoms with van der Waals surface area (Å²) in [5.41, 5.74) is 0.114. The monoisotopic (exact) mass is 367 g/mol. The number of azo groups is 1. The Kier molecular flexibility index (Phi) is 4.71. The van der Waals surface area contributed by atoms with Crippen LogP contribution in [-0.4, -0.2) is 33.7 Å². The van der Waals surface area contributed by atoms with E-state index in [1.54, 1.807) is 37.3 Å². The van der Waals surface area contributed by atoms with Crippen molar-refractivity contribution >= 4 is 34.7 Å². The Morgan fingerprint density at radius 1 is 1.26 bits per heavy atom. The molecular weight excluding hydrogens is 354 g/mol. The number of rotatable bonds is 5. The third-order valence-electron chi connectivity index (χ3n) is 3.80. The summed E-state index contributed by atoms with van der Waals surface area (Å²) in [4.78, 5) is 34.0. The molecule has 1 heterocycles. The second-order valence-corrected chi connectivity index (χ2v) is 5.61. The molecule has 10 nitrogen and oxygen atoms in total. The van der Waals surface area contributed by atoms with E-state index in [9.17, 15) is 24.8 Å². The Bertz CT molecular complexity index is 986. The van der Waals surface area contributed by atoms with E-state index in [-0.39, 0.29) is 16.9 Å². The topological polar surface area (TPSA) is 138 Å². The summed E-state index contributed by atoms with van der Waals surface area (Å²) in [6, 6.07) is 10.9. The second-order valence-electron chi connectivity index (χ2n) is 5.61. The fraction of sp³-hybridized carbons (Fsp3) is 0.118. The third kappa shape index (κ3) is 3.54. The Balaban J connectivity index is 1.88. The van der Waals surface area contributed by atoms with E-state index in [1.807, 2.05) is 0 Å². The number of nitrogens with zero attached hydrogens (tertiary/aromatic N) is 5. The minimum absolute atomic E-state index is 0.0909. The SMILES string of the molecule is CC1=NN(c2ccccc2)C(=O)C1N=Nc1ccc([N+](=O)[O-])cc1C(=O)O. The molecule has 1 unspecified atom stereocenters. The number of carbonyl (C=O) groups is 2. The smallest absolute Gasteiger partial charge is 0.338 e. The lowest BCUT2D eigenvalue weighted by atomic mass is 10.1. The number of carboxylic acid groups (broad SMARTS) is 1. The van der Waals surface area contributed by atoms with Gasteiger partial charge in [-0.05, 0) is 25.1 Å². The summed E-state index contributed by atoms with van der Waals surface area (Å²) in [7, 11) is 0. The molecule has 136 valence electrons. The molecule has 1 atom stereocenters. The Morgan fingerprint density at radius 3 is 2.59 bits per heavy atom. The van der Waals surface area contributed by atoms with Gasteiger partial charge in [0.1, 0.15) is 5.69 Å². The summed E-state index contributed by atoms with van der Waals surface area (Å²) < 4.78 is 0. The molecule has 1 aliphatic heterocycles. The Hall–Kier alpha value is -3.95. The fourth-order valence-electron chi connectivity index (χ4n) is 2.46. The van der Waals surface area contributed by atoms with E-state index in [2.05, 4.69) is 15.3 Å². The molecule has 0 fully saturated rings. The molecule has 27 heavy (non-hydrogen) atoms. The van der Waals surface area contributed by atoms with Gasteiger partial charge in [-0.1, -0.05) is 18.2 Å². The van der Waals surface area contributed by atoms with Gasteiger partial charge in [0.25, 0.3) is 11.6 Å². The van der Waals surface area contributed by atoms with Crippen molar-refractivity contribution in [3.05, 3.63) is 64.2 Å². The maximum atomic E-state index is 12.6. The van der Waals surface area contributed by atoms with Crippen LogP contribution in [0.4, 0.5) is 17.1 Å². The molecule has 0 saturated heterocycles. The van der Waals surface area contributed by atoms with Crippen LogP contribution in [-0.2, 0) is 4.79 Å². The van der Waals surface area contributed by atoms with Gasteiger partial charge < -0.3 is 5.11 Å². The van der Waals surface area contributed by atoms with Gasteiger partial charge in [0.2, 0.25) is 0 Å². The molecule has 0 aromatic heterocycles. The van der Waals surface area contributed by atoms with E-state index in [4.69, 9.17) is 0 Å². The normalized spacial score (nSPS) is 16.6. The molecule has 3 rings (SSSR count). The summed E-state index contributed by atoms with van der Waals surface area (Å²) in [5, 5.41) is 33.2. The van der Waals surface area contributed by atoms with E-state index in [0.29, 0.717) is 11.4 Å². The van der Waals surface area contributed by atoms with Crippen molar-refractivity contribution in [3.8, 4) is 0 Å². The zero-order valence-corrected chi connectivity index (χ0v) is 14.0. The van der Waals surface area contributed by atoms with Gasteiger partial charge in [0, 0.05) is 12.1 Å². The number of aromatic carboxylic acids is 1. The Morgan fingerprint density at radius 2 is 1.96 bits per heavy atom. The van der Waals surface area contributed by atoms with Crippen molar-refractivity contribution < 1.29 is 19.6 Å². The van der Waals surface area contributed by atoms with Crippen LogP contribution < -0.4 is 5.01 Å².